The Balaban J connectivity index is 2.16. The van der Waals surface area contributed by atoms with E-state index in [1.165, 1.54) is 6.92 Å². The largest absolute Gasteiger partial charge is 0.494 e. The van der Waals surface area contributed by atoms with E-state index in [1.807, 2.05) is 36.1 Å². The van der Waals surface area contributed by atoms with Crippen molar-refractivity contribution >= 4 is 11.8 Å². The number of hydrogen-bond donors (Lipinski definition) is 2. The first kappa shape index (κ1) is 18.3. The number of amides is 2. The molecule has 2 unspecified atom stereocenters. The van der Waals surface area contributed by atoms with Crippen LogP contribution in [0.5, 0.6) is 5.75 Å². The maximum Gasteiger partial charge on any atom is 0.225 e. The fourth-order valence-corrected chi connectivity index (χ4v) is 3.00. The lowest BCUT2D eigenvalue weighted by atomic mass is 10.0. The molecule has 6 nitrogen and oxygen atoms in total. The highest BCUT2D eigenvalue weighted by Crippen LogP contribution is 2.28. The van der Waals surface area contributed by atoms with Crippen molar-refractivity contribution in [3.05, 3.63) is 29.8 Å². The molecule has 2 N–H and O–H groups in total. The van der Waals surface area contributed by atoms with Crippen molar-refractivity contribution in [3.8, 4) is 5.75 Å². The zero-order valence-electron chi connectivity index (χ0n) is 14.7. The third-order valence-corrected chi connectivity index (χ3v) is 4.07. The summed E-state index contributed by atoms with van der Waals surface area (Å²) < 4.78 is 5.66. The summed E-state index contributed by atoms with van der Waals surface area (Å²) in [6.45, 7) is 8.17. The molecule has 1 aliphatic heterocycles. The number of nitrogens with zero attached hydrogens (tertiary/aromatic N) is 1. The molecule has 6 heteroatoms. The minimum absolute atomic E-state index is 0.0494. The molecule has 1 fully saturated rings. The van der Waals surface area contributed by atoms with Crippen LogP contribution in [-0.4, -0.2) is 49.0 Å². The second-order valence-electron chi connectivity index (χ2n) is 6.12. The van der Waals surface area contributed by atoms with E-state index in [-0.39, 0.29) is 30.3 Å². The fraction of sp³-hybridized carbons (Fsp3) is 0.556. The van der Waals surface area contributed by atoms with Gasteiger partial charge in [0.25, 0.3) is 0 Å². The summed E-state index contributed by atoms with van der Waals surface area (Å²) in [6, 6.07) is 7.45. The molecule has 0 aliphatic carbocycles. The second-order valence-corrected chi connectivity index (χ2v) is 6.12. The third-order valence-electron chi connectivity index (χ3n) is 4.07. The molecule has 1 aliphatic rings. The predicted octanol–water partition coefficient (Wildman–Crippen LogP) is 1.47. The topological polar surface area (TPSA) is 70.7 Å². The van der Waals surface area contributed by atoms with Gasteiger partial charge in [0.15, 0.2) is 0 Å². The van der Waals surface area contributed by atoms with Gasteiger partial charge in [-0.3, -0.25) is 9.59 Å². The number of para-hydroxylation sites is 1. The Labute approximate surface area is 143 Å². The van der Waals surface area contributed by atoms with Gasteiger partial charge in [-0.2, -0.15) is 0 Å². The fourth-order valence-electron chi connectivity index (χ4n) is 3.00. The van der Waals surface area contributed by atoms with Gasteiger partial charge in [-0.25, -0.2) is 0 Å². The molecule has 132 valence electrons. The van der Waals surface area contributed by atoms with E-state index in [0.29, 0.717) is 25.4 Å². The summed E-state index contributed by atoms with van der Waals surface area (Å²) in [7, 11) is 0. The predicted molar refractivity (Wildman–Crippen MR) is 92.8 cm³/mol. The van der Waals surface area contributed by atoms with Crippen LogP contribution in [0.25, 0.3) is 0 Å². The highest BCUT2D eigenvalue weighted by molar-refractivity contribution is 5.79. The molecule has 0 saturated carbocycles. The number of carbonyl (C=O) groups excluding carboxylic acids is 2. The third kappa shape index (κ3) is 4.96. The maximum absolute atomic E-state index is 12.7. The molecule has 0 aromatic heterocycles. The van der Waals surface area contributed by atoms with Crippen LogP contribution in [0.2, 0.25) is 0 Å². The van der Waals surface area contributed by atoms with Crippen molar-refractivity contribution in [2.45, 2.75) is 39.3 Å². The maximum atomic E-state index is 12.7. The number of hydrogen-bond acceptors (Lipinski definition) is 4. The lowest BCUT2D eigenvalue weighted by molar-refractivity contribution is -0.133. The molecule has 1 aromatic rings. The van der Waals surface area contributed by atoms with Crippen LogP contribution < -0.4 is 15.4 Å². The van der Waals surface area contributed by atoms with Crippen LogP contribution >= 0.6 is 0 Å². The van der Waals surface area contributed by atoms with E-state index >= 15 is 0 Å². The number of rotatable bonds is 6. The SMILES string of the molecule is CCOc1ccccc1C(CC(=O)N1CCNC(C)C1)NC(C)=O. The molecule has 0 radical (unpaired) electrons. The number of nitrogens with one attached hydrogen (secondary N) is 2. The zero-order valence-corrected chi connectivity index (χ0v) is 14.7. The zero-order chi connectivity index (χ0) is 17.5. The number of piperazine rings is 1. The Kier molecular flexibility index (Phi) is 6.61. The van der Waals surface area contributed by atoms with Crippen LogP contribution in [0.3, 0.4) is 0 Å². The van der Waals surface area contributed by atoms with Gasteiger partial charge in [-0.05, 0) is 19.9 Å². The highest BCUT2D eigenvalue weighted by Gasteiger charge is 2.26. The summed E-state index contributed by atoms with van der Waals surface area (Å²) in [6.07, 6.45) is 0.233. The first-order valence-electron chi connectivity index (χ1n) is 8.51. The highest BCUT2D eigenvalue weighted by atomic mass is 16.5. The van der Waals surface area contributed by atoms with E-state index in [4.69, 9.17) is 4.74 Å². The van der Waals surface area contributed by atoms with Crippen molar-refractivity contribution in [2.24, 2.45) is 0 Å². The Morgan fingerprint density at radius 2 is 2.17 bits per heavy atom. The molecule has 1 saturated heterocycles. The summed E-state index contributed by atoms with van der Waals surface area (Å²) >= 11 is 0. The Hall–Kier alpha value is -2.08. The number of carbonyl (C=O) groups is 2. The summed E-state index contributed by atoms with van der Waals surface area (Å²) in [5.41, 5.74) is 0.839. The summed E-state index contributed by atoms with van der Waals surface area (Å²) in [4.78, 5) is 26.2. The van der Waals surface area contributed by atoms with Gasteiger partial charge in [0, 0.05) is 38.2 Å². The minimum atomic E-state index is -0.386. The van der Waals surface area contributed by atoms with E-state index in [9.17, 15) is 9.59 Å². The van der Waals surface area contributed by atoms with Gasteiger partial charge in [0.2, 0.25) is 11.8 Å². The molecule has 0 spiro atoms. The van der Waals surface area contributed by atoms with Crippen LogP contribution in [0.1, 0.15) is 38.8 Å². The van der Waals surface area contributed by atoms with E-state index in [1.54, 1.807) is 0 Å². The number of benzene rings is 1. The molecule has 2 rings (SSSR count). The van der Waals surface area contributed by atoms with E-state index in [2.05, 4.69) is 17.6 Å². The van der Waals surface area contributed by atoms with E-state index in [0.717, 1.165) is 12.1 Å². The van der Waals surface area contributed by atoms with Crippen molar-refractivity contribution < 1.29 is 14.3 Å². The molecule has 2 amide bonds. The van der Waals surface area contributed by atoms with E-state index < -0.39 is 0 Å². The average molecular weight is 333 g/mol. The van der Waals surface area contributed by atoms with Crippen molar-refractivity contribution in [2.75, 3.05) is 26.2 Å². The smallest absolute Gasteiger partial charge is 0.225 e. The van der Waals surface area contributed by atoms with Crippen LogP contribution in [-0.2, 0) is 9.59 Å². The van der Waals surface area contributed by atoms with Crippen LogP contribution in [0, 0.1) is 0 Å². The Bertz CT molecular complexity index is 576. The molecule has 0 bridgehead atoms. The molecule has 1 aromatic carbocycles. The lowest BCUT2D eigenvalue weighted by Crippen LogP contribution is -2.51. The standard InChI is InChI=1S/C18H27N3O3/c1-4-24-17-8-6-5-7-15(17)16(20-14(3)22)11-18(23)21-10-9-19-13(2)12-21/h5-8,13,16,19H,4,9-12H2,1-3H3,(H,20,22). The summed E-state index contributed by atoms with van der Waals surface area (Å²) in [5.74, 6) is 0.599. The molecular formula is C18H27N3O3. The normalized spacial score (nSPS) is 18.8. The average Bonchev–Trinajstić information content (AvgIpc) is 2.54. The van der Waals surface area contributed by atoms with Gasteiger partial charge in [0.05, 0.1) is 19.1 Å². The minimum Gasteiger partial charge on any atom is -0.494 e. The van der Waals surface area contributed by atoms with Gasteiger partial charge in [-0.15, -0.1) is 0 Å². The lowest BCUT2D eigenvalue weighted by Gasteiger charge is -2.33. The molecule has 1 heterocycles. The monoisotopic (exact) mass is 333 g/mol. The molecule has 2 atom stereocenters. The summed E-state index contributed by atoms with van der Waals surface area (Å²) in [5, 5.41) is 6.22. The van der Waals surface area contributed by atoms with Gasteiger partial charge in [-0.1, -0.05) is 18.2 Å². The Morgan fingerprint density at radius 3 is 2.83 bits per heavy atom. The second kappa shape index (κ2) is 8.68. The number of ether oxygens (including phenoxy) is 1. The van der Waals surface area contributed by atoms with Crippen LogP contribution in [0.4, 0.5) is 0 Å². The first-order valence-corrected chi connectivity index (χ1v) is 8.51. The molecular weight excluding hydrogens is 306 g/mol. The Morgan fingerprint density at radius 1 is 1.42 bits per heavy atom. The van der Waals surface area contributed by atoms with Crippen molar-refractivity contribution in [1.29, 1.82) is 0 Å². The first-order chi connectivity index (χ1) is 11.5. The van der Waals surface area contributed by atoms with Gasteiger partial charge < -0.3 is 20.3 Å². The molecule has 24 heavy (non-hydrogen) atoms. The quantitative estimate of drug-likeness (QED) is 0.827. The van der Waals surface area contributed by atoms with Gasteiger partial charge in [0.1, 0.15) is 5.75 Å². The van der Waals surface area contributed by atoms with Gasteiger partial charge >= 0.3 is 0 Å². The van der Waals surface area contributed by atoms with Crippen LogP contribution in [0.15, 0.2) is 24.3 Å². The van der Waals surface area contributed by atoms with Crippen molar-refractivity contribution in [1.82, 2.24) is 15.5 Å². The van der Waals surface area contributed by atoms with Crippen molar-refractivity contribution in [3.63, 3.8) is 0 Å².